The average molecular weight is 388 g/mol. The highest BCUT2D eigenvalue weighted by molar-refractivity contribution is 5.84. The second-order valence-corrected chi connectivity index (χ2v) is 7.09. The molecule has 0 spiro atoms. The maximum atomic E-state index is 12.7. The van der Waals surface area contributed by atoms with E-state index in [4.69, 9.17) is 4.74 Å². The van der Waals surface area contributed by atoms with Crippen LogP contribution in [0.15, 0.2) is 67.0 Å². The summed E-state index contributed by atoms with van der Waals surface area (Å²) in [5.74, 6) is 0.761. The number of amides is 1. The highest BCUT2D eigenvalue weighted by atomic mass is 16.5. The minimum Gasteiger partial charge on any atom is -0.497 e. The lowest BCUT2D eigenvalue weighted by molar-refractivity contribution is -0.122. The summed E-state index contributed by atoms with van der Waals surface area (Å²) < 4.78 is 9.10. The van der Waals surface area contributed by atoms with Crippen molar-refractivity contribution in [2.24, 2.45) is 0 Å². The molecule has 0 fully saturated rings. The van der Waals surface area contributed by atoms with Gasteiger partial charge in [-0.05, 0) is 50.2 Å². The Balaban J connectivity index is 1.47. The Bertz CT molecular complexity index is 1140. The monoisotopic (exact) mass is 388 g/mol. The van der Waals surface area contributed by atoms with E-state index in [1.165, 1.54) is 0 Å². The van der Waals surface area contributed by atoms with Crippen molar-refractivity contribution in [1.29, 1.82) is 0 Å². The van der Waals surface area contributed by atoms with Gasteiger partial charge in [0.25, 0.3) is 0 Å². The molecular formula is C23H24N4O2. The molecule has 2 aromatic heterocycles. The molecular weight excluding hydrogens is 364 g/mol. The van der Waals surface area contributed by atoms with E-state index in [9.17, 15) is 4.79 Å². The molecule has 0 bridgehead atoms. The Morgan fingerprint density at radius 2 is 1.97 bits per heavy atom. The molecule has 4 rings (SSSR count). The van der Waals surface area contributed by atoms with E-state index < -0.39 is 0 Å². The summed E-state index contributed by atoms with van der Waals surface area (Å²) in [5, 5.41) is 8.63. The SMILES string of the molecule is COc1ccc2c(ccn2CC(=O)NC(C)c2cnn(-c3ccccc3)c2C)c1. The Labute approximate surface area is 169 Å². The molecule has 0 radical (unpaired) electrons. The van der Waals surface area contributed by atoms with Crippen molar-refractivity contribution < 1.29 is 9.53 Å². The molecule has 0 aliphatic rings. The normalized spacial score (nSPS) is 12.1. The van der Waals surface area contributed by atoms with Gasteiger partial charge < -0.3 is 14.6 Å². The van der Waals surface area contributed by atoms with Gasteiger partial charge in [0.1, 0.15) is 12.3 Å². The van der Waals surface area contributed by atoms with Gasteiger partial charge in [0.2, 0.25) is 5.91 Å². The topological polar surface area (TPSA) is 61.1 Å². The van der Waals surface area contributed by atoms with Crippen molar-refractivity contribution in [2.45, 2.75) is 26.4 Å². The molecule has 1 atom stereocenters. The van der Waals surface area contributed by atoms with Gasteiger partial charge >= 0.3 is 0 Å². The molecule has 0 aliphatic heterocycles. The van der Waals surface area contributed by atoms with Gasteiger partial charge in [0, 0.05) is 28.4 Å². The van der Waals surface area contributed by atoms with Crippen molar-refractivity contribution in [3.8, 4) is 11.4 Å². The number of carbonyl (C=O) groups excluding carboxylic acids is 1. The Morgan fingerprint density at radius 3 is 2.72 bits per heavy atom. The second-order valence-electron chi connectivity index (χ2n) is 7.09. The van der Waals surface area contributed by atoms with Crippen molar-refractivity contribution >= 4 is 16.8 Å². The Hall–Kier alpha value is -3.54. The van der Waals surface area contributed by atoms with Crippen LogP contribution in [0.3, 0.4) is 0 Å². The predicted octanol–water partition coefficient (Wildman–Crippen LogP) is 4.02. The van der Waals surface area contributed by atoms with Crippen LogP contribution in [0.2, 0.25) is 0 Å². The molecule has 2 aromatic carbocycles. The van der Waals surface area contributed by atoms with Gasteiger partial charge in [-0.25, -0.2) is 4.68 Å². The lowest BCUT2D eigenvalue weighted by Gasteiger charge is -2.15. The summed E-state index contributed by atoms with van der Waals surface area (Å²) in [6.45, 7) is 4.26. The fraction of sp³-hybridized carbons (Fsp3) is 0.217. The van der Waals surface area contributed by atoms with E-state index in [1.54, 1.807) is 7.11 Å². The third kappa shape index (κ3) is 3.74. The van der Waals surface area contributed by atoms with E-state index in [1.807, 2.05) is 90.1 Å². The lowest BCUT2D eigenvalue weighted by Crippen LogP contribution is -2.30. The summed E-state index contributed by atoms with van der Waals surface area (Å²) in [4.78, 5) is 12.7. The van der Waals surface area contributed by atoms with Crippen molar-refractivity contribution in [3.05, 3.63) is 78.2 Å². The van der Waals surface area contributed by atoms with Crippen LogP contribution >= 0.6 is 0 Å². The molecule has 148 valence electrons. The number of ether oxygens (including phenoxy) is 1. The maximum absolute atomic E-state index is 12.7. The Morgan fingerprint density at radius 1 is 1.17 bits per heavy atom. The van der Waals surface area contributed by atoms with E-state index in [0.29, 0.717) is 0 Å². The molecule has 0 saturated carbocycles. The van der Waals surface area contributed by atoms with E-state index >= 15 is 0 Å². The van der Waals surface area contributed by atoms with Crippen LogP contribution in [0.4, 0.5) is 0 Å². The van der Waals surface area contributed by atoms with Crippen LogP contribution in [-0.2, 0) is 11.3 Å². The summed E-state index contributed by atoms with van der Waals surface area (Å²) in [5.41, 5.74) is 4.03. The number of nitrogens with zero attached hydrogens (tertiary/aromatic N) is 3. The number of benzene rings is 2. The maximum Gasteiger partial charge on any atom is 0.240 e. The number of methoxy groups -OCH3 is 1. The van der Waals surface area contributed by atoms with Crippen molar-refractivity contribution in [2.75, 3.05) is 7.11 Å². The van der Waals surface area contributed by atoms with Gasteiger partial charge in [0.15, 0.2) is 0 Å². The summed E-state index contributed by atoms with van der Waals surface area (Å²) in [7, 11) is 1.65. The quantitative estimate of drug-likeness (QED) is 0.543. The first-order valence-corrected chi connectivity index (χ1v) is 9.59. The van der Waals surface area contributed by atoms with Crippen molar-refractivity contribution in [3.63, 3.8) is 0 Å². The molecule has 0 aliphatic carbocycles. The van der Waals surface area contributed by atoms with Crippen LogP contribution in [0.5, 0.6) is 5.75 Å². The van der Waals surface area contributed by atoms with E-state index in [2.05, 4.69) is 10.4 Å². The zero-order valence-electron chi connectivity index (χ0n) is 16.8. The lowest BCUT2D eigenvalue weighted by atomic mass is 10.1. The number of hydrogen-bond donors (Lipinski definition) is 1. The summed E-state index contributed by atoms with van der Waals surface area (Å²) >= 11 is 0. The number of rotatable bonds is 6. The number of hydrogen-bond acceptors (Lipinski definition) is 3. The minimum absolute atomic E-state index is 0.0438. The number of nitrogens with one attached hydrogen (secondary N) is 1. The zero-order valence-corrected chi connectivity index (χ0v) is 16.8. The number of aromatic nitrogens is 3. The average Bonchev–Trinajstić information content (AvgIpc) is 3.31. The van der Waals surface area contributed by atoms with E-state index in [-0.39, 0.29) is 18.5 Å². The molecule has 1 unspecified atom stereocenters. The van der Waals surface area contributed by atoms with Crippen LogP contribution in [-0.4, -0.2) is 27.4 Å². The molecule has 0 saturated heterocycles. The minimum atomic E-state index is -0.137. The molecule has 6 heteroatoms. The summed E-state index contributed by atoms with van der Waals surface area (Å²) in [6.07, 6.45) is 3.75. The smallest absolute Gasteiger partial charge is 0.240 e. The van der Waals surface area contributed by atoms with Crippen LogP contribution in [0, 0.1) is 6.92 Å². The van der Waals surface area contributed by atoms with Crippen molar-refractivity contribution in [1.82, 2.24) is 19.7 Å². The summed E-state index contributed by atoms with van der Waals surface area (Å²) in [6, 6.07) is 17.7. The van der Waals surface area contributed by atoms with E-state index in [0.717, 1.165) is 33.6 Å². The fourth-order valence-electron chi connectivity index (χ4n) is 3.64. The van der Waals surface area contributed by atoms with Crippen LogP contribution in [0.1, 0.15) is 24.2 Å². The third-order valence-corrected chi connectivity index (χ3v) is 5.18. The first-order chi connectivity index (χ1) is 14.1. The van der Waals surface area contributed by atoms with Gasteiger partial charge in [-0.2, -0.15) is 5.10 Å². The third-order valence-electron chi connectivity index (χ3n) is 5.18. The van der Waals surface area contributed by atoms with Crippen LogP contribution < -0.4 is 10.1 Å². The molecule has 1 amide bonds. The first kappa shape index (κ1) is 18.8. The van der Waals surface area contributed by atoms with Gasteiger partial charge in [-0.3, -0.25) is 4.79 Å². The highest BCUT2D eigenvalue weighted by Crippen LogP contribution is 2.23. The Kier molecular flexibility index (Phi) is 5.08. The van der Waals surface area contributed by atoms with Gasteiger partial charge in [0.05, 0.1) is 25.0 Å². The van der Waals surface area contributed by atoms with Crippen LogP contribution in [0.25, 0.3) is 16.6 Å². The molecule has 29 heavy (non-hydrogen) atoms. The molecule has 4 aromatic rings. The highest BCUT2D eigenvalue weighted by Gasteiger charge is 2.17. The molecule has 2 heterocycles. The van der Waals surface area contributed by atoms with Gasteiger partial charge in [-0.1, -0.05) is 18.2 Å². The van der Waals surface area contributed by atoms with Gasteiger partial charge in [-0.15, -0.1) is 0 Å². The second kappa shape index (κ2) is 7.83. The standard InChI is InChI=1S/C23H24N4O2/c1-16(21-14-24-27(17(21)2)19-7-5-4-6-8-19)25-23(28)15-26-12-11-18-13-20(29-3)9-10-22(18)26/h4-14,16H,15H2,1-3H3,(H,25,28). The zero-order chi connectivity index (χ0) is 20.4. The number of carbonyl (C=O) groups is 1. The number of para-hydroxylation sites is 1. The number of fused-ring (bicyclic) bond motifs is 1. The largest absolute Gasteiger partial charge is 0.497 e. The molecule has 1 N–H and O–H groups in total. The fourth-order valence-corrected chi connectivity index (χ4v) is 3.64. The predicted molar refractivity (Wildman–Crippen MR) is 113 cm³/mol. The first-order valence-electron chi connectivity index (χ1n) is 9.59. The molecule has 6 nitrogen and oxygen atoms in total.